The van der Waals surface area contributed by atoms with Crippen LogP contribution in [0.1, 0.15) is 19.3 Å². The normalized spacial score (nSPS) is 29.8. The number of aliphatic hydroxyl groups excluding tert-OH is 1. The minimum atomic E-state index is -0.826. The summed E-state index contributed by atoms with van der Waals surface area (Å²) in [5.74, 6) is -0.357. The first-order valence-corrected chi connectivity index (χ1v) is 4.19. The third kappa shape index (κ3) is 1.59. The van der Waals surface area contributed by atoms with Gasteiger partial charge in [0.1, 0.15) is 5.54 Å². The van der Waals surface area contributed by atoms with Crippen molar-refractivity contribution < 1.29 is 14.6 Å². The molecule has 2 N–H and O–H groups in total. The van der Waals surface area contributed by atoms with Crippen molar-refractivity contribution in [2.24, 2.45) is 0 Å². The van der Waals surface area contributed by atoms with Crippen LogP contribution in [0.4, 0.5) is 0 Å². The van der Waals surface area contributed by atoms with Gasteiger partial charge in [0.25, 0.3) is 0 Å². The number of methoxy groups -OCH3 is 1. The van der Waals surface area contributed by atoms with Crippen molar-refractivity contribution in [3.63, 3.8) is 0 Å². The number of piperidine rings is 1. The summed E-state index contributed by atoms with van der Waals surface area (Å²) in [7, 11) is 1.34. The molecule has 0 aromatic heterocycles. The highest BCUT2D eigenvalue weighted by Crippen LogP contribution is 2.19. The molecule has 1 unspecified atom stereocenters. The third-order valence-corrected chi connectivity index (χ3v) is 2.34. The molecule has 0 aromatic carbocycles. The SMILES string of the molecule is COC(=O)C1(CO)CCCCN1. The molecule has 0 bridgehead atoms. The number of rotatable bonds is 2. The van der Waals surface area contributed by atoms with E-state index in [2.05, 4.69) is 10.1 Å². The number of aliphatic hydroxyl groups is 1. The maximum atomic E-state index is 11.3. The lowest BCUT2D eigenvalue weighted by molar-refractivity contribution is -0.151. The van der Waals surface area contributed by atoms with Crippen LogP contribution in [-0.4, -0.2) is 36.9 Å². The van der Waals surface area contributed by atoms with E-state index >= 15 is 0 Å². The van der Waals surface area contributed by atoms with Crippen LogP contribution < -0.4 is 5.32 Å². The fourth-order valence-corrected chi connectivity index (χ4v) is 1.54. The van der Waals surface area contributed by atoms with Crippen LogP contribution in [0.3, 0.4) is 0 Å². The Labute approximate surface area is 71.9 Å². The summed E-state index contributed by atoms with van der Waals surface area (Å²) in [6, 6.07) is 0. The van der Waals surface area contributed by atoms with E-state index in [9.17, 15) is 4.79 Å². The first-order valence-electron chi connectivity index (χ1n) is 4.19. The van der Waals surface area contributed by atoms with E-state index < -0.39 is 5.54 Å². The van der Waals surface area contributed by atoms with Crippen LogP contribution in [0.25, 0.3) is 0 Å². The maximum Gasteiger partial charge on any atom is 0.328 e. The summed E-state index contributed by atoms with van der Waals surface area (Å²) in [6.07, 6.45) is 2.68. The van der Waals surface area contributed by atoms with Crippen molar-refractivity contribution in [2.75, 3.05) is 20.3 Å². The molecule has 1 saturated heterocycles. The molecular formula is C8H15NO3. The standard InChI is InChI=1S/C8H15NO3/c1-12-7(11)8(6-10)4-2-3-5-9-8/h9-10H,2-6H2,1H3. The summed E-state index contributed by atoms with van der Waals surface area (Å²) in [5, 5.41) is 12.1. The number of hydrogen-bond acceptors (Lipinski definition) is 4. The molecule has 0 aliphatic carbocycles. The molecule has 1 atom stereocenters. The number of carbonyl (C=O) groups is 1. The zero-order valence-electron chi connectivity index (χ0n) is 7.30. The molecule has 1 aliphatic heterocycles. The Morgan fingerprint density at radius 3 is 2.83 bits per heavy atom. The molecule has 0 spiro atoms. The summed E-state index contributed by atoms with van der Waals surface area (Å²) in [6.45, 7) is 0.593. The maximum absolute atomic E-state index is 11.3. The summed E-state index contributed by atoms with van der Waals surface area (Å²) in [4.78, 5) is 11.3. The van der Waals surface area contributed by atoms with Gasteiger partial charge in [0.15, 0.2) is 0 Å². The van der Waals surface area contributed by atoms with Crippen molar-refractivity contribution in [1.29, 1.82) is 0 Å². The zero-order chi connectivity index (χ0) is 9.03. The van der Waals surface area contributed by atoms with Crippen molar-refractivity contribution in [2.45, 2.75) is 24.8 Å². The molecular weight excluding hydrogens is 158 g/mol. The first-order chi connectivity index (χ1) is 5.75. The number of carbonyl (C=O) groups excluding carboxylic acids is 1. The van der Waals surface area contributed by atoms with Crippen LogP contribution in [-0.2, 0) is 9.53 Å². The molecule has 1 heterocycles. The zero-order valence-corrected chi connectivity index (χ0v) is 7.30. The van der Waals surface area contributed by atoms with E-state index in [1.54, 1.807) is 0 Å². The minimum Gasteiger partial charge on any atom is -0.468 e. The molecule has 0 saturated carbocycles. The third-order valence-electron chi connectivity index (χ3n) is 2.34. The molecule has 0 radical (unpaired) electrons. The fraction of sp³-hybridized carbons (Fsp3) is 0.875. The molecule has 0 amide bonds. The summed E-state index contributed by atoms with van der Waals surface area (Å²) in [5.41, 5.74) is -0.826. The molecule has 1 rings (SSSR count). The van der Waals surface area contributed by atoms with E-state index in [1.165, 1.54) is 7.11 Å². The molecule has 1 fully saturated rings. The van der Waals surface area contributed by atoms with Gasteiger partial charge in [0.05, 0.1) is 13.7 Å². The van der Waals surface area contributed by atoms with Gasteiger partial charge in [0, 0.05) is 0 Å². The van der Waals surface area contributed by atoms with Crippen LogP contribution in [0.5, 0.6) is 0 Å². The average molecular weight is 173 g/mol. The van der Waals surface area contributed by atoms with Gasteiger partial charge in [-0.15, -0.1) is 0 Å². The number of ether oxygens (including phenoxy) is 1. The van der Waals surface area contributed by atoms with E-state index in [0.29, 0.717) is 6.42 Å². The molecule has 1 aliphatic rings. The number of nitrogens with one attached hydrogen (secondary N) is 1. The first kappa shape index (κ1) is 9.48. The second-order valence-electron chi connectivity index (χ2n) is 3.12. The van der Waals surface area contributed by atoms with Gasteiger partial charge in [0.2, 0.25) is 0 Å². The van der Waals surface area contributed by atoms with Crippen molar-refractivity contribution in [3.05, 3.63) is 0 Å². The average Bonchev–Trinajstić information content (AvgIpc) is 2.17. The van der Waals surface area contributed by atoms with E-state index in [1.807, 2.05) is 0 Å². The molecule has 70 valence electrons. The topological polar surface area (TPSA) is 58.6 Å². The van der Waals surface area contributed by atoms with Crippen LogP contribution >= 0.6 is 0 Å². The predicted octanol–water partition coefficient (Wildman–Crippen LogP) is -0.336. The van der Waals surface area contributed by atoms with Gasteiger partial charge in [-0.1, -0.05) is 0 Å². The molecule has 4 nitrogen and oxygen atoms in total. The highest BCUT2D eigenvalue weighted by Gasteiger charge is 2.39. The number of esters is 1. The summed E-state index contributed by atoms with van der Waals surface area (Å²) < 4.78 is 4.62. The van der Waals surface area contributed by atoms with Crippen LogP contribution in [0.15, 0.2) is 0 Å². The predicted molar refractivity (Wildman–Crippen MR) is 43.7 cm³/mol. The molecule has 12 heavy (non-hydrogen) atoms. The fourth-order valence-electron chi connectivity index (χ4n) is 1.54. The largest absolute Gasteiger partial charge is 0.468 e. The Morgan fingerprint density at radius 1 is 1.67 bits per heavy atom. The lowest BCUT2D eigenvalue weighted by Crippen LogP contribution is -2.57. The second-order valence-corrected chi connectivity index (χ2v) is 3.12. The van der Waals surface area contributed by atoms with Gasteiger partial charge in [-0.05, 0) is 25.8 Å². The van der Waals surface area contributed by atoms with Gasteiger partial charge < -0.3 is 9.84 Å². The Kier molecular flexibility index (Phi) is 3.05. The van der Waals surface area contributed by atoms with E-state index in [0.717, 1.165) is 19.4 Å². The minimum absolute atomic E-state index is 0.181. The van der Waals surface area contributed by atoms with Gasteiger partial charge in [-0.3, -0.25) is 5.32 Å². The van der Waals surface area contributed by atoms with E-state index in [4.69, 9.17) is 5.11 Å². The van der Waals surface area contributed by atoms with E-state index in [-0.39, 0.29) is 12.6 Å². The van der Waals surface area contributed by atoms with Gasteiger partial charge in [-0.25, -0.2) is 4.79 Å². The molecule has 0 aromatic rings. The monoisotopic (exact) mass is 173 g/mol. The highest BCUT2D eigenvalue weighted by atomic mass is 16.5. The van der Waals surface area contributed by atoms with Crippen molar-refractivity contribution in [3.8, 4) is 0 Å². The van der Waals surface area contributed by atoms with Crippen LogP contribution in [0, 0.1) is 0 Å². The molecule has 4 heteroatoms. The Hall–Kier alpha value is -0.610. The quantitative estimate of drug-likeness (QED) is 0.561. The Morgan fingerprint density at radius 2 is 2.42 bits per heavy atom. The Balaban J connectivity index is 2.66. The number of hydrogen-bond donors (Lipinski definition) is 2. The Bertz CT molecular complexity index is 164. The van der Waals surface area contributed by atoms with Crippen LogP contribution in [0.2, 0.25) is 0 Å². The van der Waals surface area contributed by atoms with Crippen molar-refractivity contribution >= 4 is 5.97 Å². The highest BCUT2D eigenvalue weighted by molar-refractivity contribution is 5.81. The van der Waals surface area contributed by atoms with Crippen molar-refractivity contribution in [1.82, 2.24) is 5.32 Å². The lowest BCUT2D eigenvalue weighted by atomic mass is 9.90. The van der Waals surface area contributed by atoms with Gasteiger partial charge in [-0.2, -0.15) is 0 Å². The summed E-state index contributed by atoms with van der Waals surface area (Å²) >= 11 is 0. The lowest BCUT2D eigenvalue weighted by Gasteiger charge is -2.33. The second kappa shape index (κ2) is 3.87. The smallest absolute Gasteiger partial charge is 0.328 e. The van der Waals surface area contributed by atoms with Gasteiger partial charge >= 0.3 is 5.97 Å².